The van der Waals surface area contributed by atoms with Crippen molar-refractivity contribution in [3.05, 3.63) is 57.6 Å². The fourth-order valence-corrected chi connectivity index (χ4v) is 3.78. The smallest absolute Gasteiger partial charge is 0.284 e. The summed E-state index contributed by atoms with van der Waals surface area (Å²) in [6.07, 6.45) is 5.45. The molecule has 7 heteroatoms. The molecule has 1 aromatic heterocycles. The van der Waals surface area contributed by atoms with Gasteiger partial charge in [-0.15, -0.1) is 6.42 Å². The van der Waals surface area contributed by atoms with Gasteiger partial charge in [0.15, 0.2) is 4.80 Å². The first-order chi connectivity index (χ1) is 12.5. The van der Waals surface area contributed by atoms with Crippen LogP contribution in [0.5, 0.6) is 5.75 Å². The van der Waals surface area contributed by atoms with Crippen molar-refractivity contribution in [1.29, 1.82) is 0 Å². The Labute approximate surface area is 158 Å². The highest BCUT2D eigenvalue weighted by Gasteiger charge is 2.16. The Bertz CT molecular complexity index is 1070. The summed E-state index contributed by atoms with van der Waals surface area (Å²) in [5.41, 5.74) is 0.566. The van der Waals surface area contributed by atoms with Gasteiger partial charge in [0.05, 0.1) is 34.0 Å². The number of hydrogen-bond donors (Lipinski definition) is 0. The Morgan fingerprint density at radius 2 is 2.23 bits per heavy atom. The monoisotopic (exact) mass is 388 g/mol. The van der Waals surface area contributed by atoms with Crippen molar-refractivity contribution in [1.82, 2.24) is 4.57 Å². The molecular weight excluding hydrogens is 375 g/mol. The number of amides is 1. The van der Waals surface area contributed by atoms with E-state index in [0.717, 1.165) is 10.2 Å². The molecule has 0 saturated heterocycles. The van der Waals surface area contributed by atoms with E-state index in [-0.39, 0.29) is 17.1 Å². The average Bonchev–Trinajstić information content (AvgIpc) is 2.92. The molecule has 0 spiro atoms. The van der Waals surface area contributed by atoms with Crippen molar-refractivity contribution in [2.75, 3.05) is 6.61 Å². The zero-order chi connectivity index (χ0) is 18.7. The first-order valence-corrected chi connectivity index (χ1v) is 8.97. The minimum Gasteiger partial charge on any atom is -0.494 e. The second-order valence-electron chi connectivity index (χ2n) is 5.25. The number of benzene rings is 2. The van der Waals surface area contributed by atoms with Crippen LogP contribution in [0.1, 0.15) is 17.3 Å². The van der Waals surface area contributed by atoms with E-state index in [4.69, 9.17) is 22.8 Å². The van der Waals surface area contributed by atoms with Gasteiger partial charge in [0, 0.05) is 0 Å². The maximum atomic E-state index is 14.0. The molecule has 1 amide bonds. The Morgan fingerprint density at radius 3 is 2.92 bits per heavy atom. The Kier molecular flexibility index (Phi) is 5.40. The largest absolute Gasteiger partial charge is 0.494 e. The molecule has 0 bridgehead atoms. The summed E-state index contributed by atoms with van der Waals surface area (Å²) in [6, 6.07) is 9.59. The number of hydrogen-bond acceptors (Lipinski definition) is 3. The van der Waals surface area contributed by atoms with E-state index in [2.05, 4.69) is 10.9 Å². The summed E-state index contributed by atoms with van der Waals surface area (Å²) in [4.78, 5) is 16.9. The fourth-order valence-electron chi connectivity index (χ4n) is 2.48. The van der Waals surface area contributed by atoms with Crippen LogP contribution in [0.3, 0.4) is 0 Å². The van der Waals surface area contributed by atoms with Crippen LogP contribution >= 0.6 is 22.9 Å². The molecule has 0 radical (unpaired) electrons. The lowest BCUT2D eigenvalue weighted by Crippen LogP contribution is -2.17. The molecule has 0 N–H and O–H groups in total. The molecule has 1 heterocycles. The summed E-state index contributed by atoms with van der Waals surface area (Å²) < 4.78 is 22.1. The number of carbonyl (C=O) groups is 1. The minimum atomic E-state index is -0.754. The zero-order valence-electron chi connectivity index (χ0n) is 13.8. The summed E-state index contributed by atoms with van der Waals surface area (Å²) in [6.45, 7) is 2.67. The maximum absolute atomic E-state index is 14.0. The zero-order valence-corrected chi connectivity index (χ0v) is 15.4. The summed E-state index contributed by atoms with van der Waals surface area (Å²) in [5, 5.41) is 0.0157. The van der Waals surface area contributed by atoms with Crippen molar-refractivity contribution in [3.63, 3.8) is 0 Å². The number of terminal acetylenes is 1. The van der Waals surface area contributed by atoms with Gasteiger partial charge in [-0.05, 0) is 37.3 Å². The number of rotatable bonds is 4. The van der Waals surface area contributed by atoms with E-state index in [1.54, 1.807) is 4.57 Å². The van der Waals surface area contributed by atoms with Gasteiger partial charge >= 0.3 is 0 Å². The van der Waals surface area contributed by atoms with Crippen molar-refractivity contribution in [2.45, 2.75) is 13.5 Å². The molecule has 0 aliphatic rings. The molecule has 0 aliphatic carbocycles. The van der Waals surface area contributed by atoms with E-state index in [9.17, 15) is 9.18 Å². The number of halogens is 2. The molecule has 26 heavy (non-hydrogen) atoms. The van der Waals surface area contributed by atoms with Gasteiger partial charge in [-0.1, -0.05) is 34.9 Å². The predicted octanol–water partition coefficient (Wildman–Crippen LogP) is 4.27. The van der Waals surface area contributed by atoms with Crippen LogP contribution < -0.4 is 9.54 Å². The van der Waals surface area contributed by atoms with E-state index in [0.29, 0.717) is 17.2 Å². The van der Waals surface area contributed by atoms with Gasteiger partial charge in [-0.3, -0.25) is 4.79 Å². The van der Waals surface area contributed by atoms with Crippen molar-refractivity contribution >= 4 is 39.1 Å². The van der Waals surface area contributed by atoms with Crippen LogP contribution in [0.2, 0.25) is 5.02 Å². The van der Waals surface area contributed by atoms with Crippen molar-refractivity contribution in [3.8, 4) is 18.1 Å². The van der Waals surface area contributed by atoms with Crippen LogP contribution in [0.25, 0.3) is 10.2 Å². The summed E-state index contributed by atoms with van der Waals surface area (Å²) in [5.74, 6) is 1.79. The summed E-state index contributed by atoms with van der Waals surface area (Å²) in [7, 11) is 0. The van der Waals surface area contributed by atoms with Gasteiger partial charge in [0.2, 0.25) is 0 Å². The second-order valence-corrected chi connectivity index (χ2v) is 6.67. The normalized spacial score (nSPS) is 11.5. The van der Waals surface area contributed by atoms with Gasteiger partial charge in [-0.25, -0.2) is 4.39 Å². The number of aromatic nitrogens is 1. The average molecular weight is 389 g/mol. The molecular formula is C19H14ClFN2O2S. The lowest BCUT2D eigenvalue weighted by atomic mass is 10.2. The molecule has 3 aromatic rings. The van der Waals surface area contributed by atoms with Gasteiger partial charge < -0.3 is 9.30 Å². The molecule has 0 unspecified atom stereocenters. The number of ether oxygens (including phenoxy) is 1. The third-order valence-corrected chi connectivity index (χ3v) is 4.94. The molecule has 0 fully saturated rings. The first-order valence-electron chi connectivity index (χ1n) is 7.78. The maximum Gasteiger partial charge on any atom is 0.284 e. The summed E-state index contributed by atoms with van der Waals surface area (Å²) >= 11 is 7.23. The minimum absolute atomic E-state index is 0.0157. The van der Waals surface area contributed by atoms with Gasteiger partial charge in [-0.2, -0.15) is 4.99 Å². The fraction of sp³-hybridized carbons (Fsp3) is 0.158. The molecule has 2 aromatic carbocycles. The molecule has 0 saturated carbocycles. The molecule has 3 rings (SSSR count). The molecule has 0 atom stereocenters. The van der Waals surface area contributed by atoms with E-state index >= 15 is 0 Å². The van der Waals surface area contributed by atoms with Crippen molar-refractivity contribution in [2.24, 2.45) is 4.99 Å². The highest BCUT2D eigenvalue weighted by Crippen LogP contribution is 2.24. The van der Waals surface area contributed by atoms with Crippen molar-refractivity contribution < 1.29 is 13.9 Å². The topological polar surface area (TPSA) is 43.6 Å². The highest BCUT2D eigenvalue weighted by atomic mass is 35.5. The van der Waals surface area contributed by atoms with E-state index < -0.39 is 11.7 Å². The molecule has 0 aliphatic heterocycles. The number of nitrogens with zero attached hydrogens (tertiary/aromatic N) is 2. The van der Waals surface area contributed by atoms with Crippen LogP contribution in [-0.2, 0) is 6.54 Å². The van der Waals surface area contributed by atoms with Crippen LogP contribution in [0, 0.1) is 18.2 Å². The van der Waals surface area contributed by atoms with Crippen LogP contribution in [-0.4, -0.2) is 17.1 Å². The number of thiazole rings is 1. The Morgan fingerprint density at radius 1 is 1.42 bits per heavy atom. The lowest BCUT2D eigenvalue weighted by Gasteiger charge is -2.03. The number of carbonyl (C=O) groups excluding carboxylic acids is 1. The third-order valence-electron chi connectivity index (χ3n) is 3.59. The Balaban J connectivity index is 2.16. The molecule has 4 nitrogen and oxygen atoms in total. The van der Waals surface area contributed by atoms with E-state index in [1.807, 2.05) is 25.1 Å². The lowest BCUT2D eigenvalue weighted by molar-refractivity contribution is 0.0994. The Hall–Kier alpha value is -2.62. The van der Waals surface area contributed by atoms with Crippen LogP contribution in [0.4, 0.5) is 4.39 Å². The third kappa shape index (κ3) is 3.50. The quantitative estimate of drug-likeness (QED) is 0.626. The highest BCUT2D eigenvalue weighted by molar-refractivity contribution is 7.16. The van der Waals surface area contributed by atoms with Gasteiger partial charge in [0.1, 0.15) is 11.6 Å². The second kappa shape index (κ2) is 7.73. The number of fused-ring (bicyclic) bond motifs is 1. The standard InChI is InChI=1S/C19H14ClFN2O2S/c1-3-10-23-15-9-8-12(25-4-2)11-16(15)26-19(23)22-18(24)17-13(20)6-5-7-14(17)21/h1,5-9,11H,4,10H2,2H3. The van der Waals surface area contributed by atoms with Gasteiger partial charge in [0.25, 0.3) is 5.91 Å². The SMILES string of the molecule is C#CCn1c(=NC(=O)c2c(F)cccc2Cl)sc2cc(OCC)ccc21. The first kappa shape index (κ1) is 18.2. The van der Waals surface area contributed by atoms with E-state index in [1.165, 1.54) is 29.5 Å². The van der Waals surface area contributed by atoms with Crippen LogP contribution in [0.15, 0.2) is 41.4 Å². The molecule has 132 valence electrons. The predicted molar refractivity (Wildman–Crippen MR) is 101 cm³/mol.